The van der Waals surface area contributed by atoms with Gasteiger partial charge in [0, 0.05) is 12.1 Å². The highest BCUT2D eigenvalue weighted by Gasteiger charge is 2.34. The molecular weight excluding hydrogens is 598 g/mol. The molecular formula is C21H14Cl2F3N3O5S3. The predicted molar refractivity (Wildman–Crippen MR) is 137 cm³/mol. The molecule has 0 saturated heterocycles. The van der Waals surface area contributed by atoms with E-state index in [1.807, 2.05) is 0 Å². The van der Waals surface area contributed by atoms with Crippen molar-refractivity contribution < 1.29 is 30.0 Å². The zero-order valence-electron chi connectivity index (χ0n) is 18.3. The Morgan fingerprint density at radius 2 is 1.43 bits per heavy atom. The van der Waals surface area contributed by atoms with Crippen LogP contribution in [-0.2, 0) is 33.3 Å². The zero-order valence-corrected chi connectivity index (χ0v) is 22.3. The maximum atomic E-state index is 13.2. The van der Waals surface area contributed by atoms with Crippen molar-refractivity contribution in [3.63, 3.8) is 0 Å². The third-order valence-electron chi connectivity index (χ3n) is 5.08. The molecule has 0 aliphatic rings. The van der Waals surface area contributed by atoms with Gasteiger partial charge in [-0.1, -0.05) is 23.2 Å². The third kappa shape index (κ3) is 5.57. The average molecular weight is 612 g/mol. The van der Waals surface area contributed by atoms with Crippen LogP contribution >= 0.6 is 34.7 Å². The van der Waals surface area contributed by atoms with Crippen LogP contribution in [0, 0.1) is 0 Å². The second-order valence-corrected chi connectivity index (χ2v) is 12.9. The molecule has 0 aliphatic heterocycles. The first-order chi connectivity index (χ1) is 17.1. The van der Waals surface area contributed by atoms with Gasteiger partial charge in [0.1, 0.15) is 0 Å². The largest absolute Gasteiger partial charge is 0.417 e. The number of aromatic nitrogens is 1. The van der Waals surface area contributed by atoms with Crippen LogP contribution in [0.1, 0.15) is 5.56 Å². The van der Waals surface area contributed by atoms with Crippen LogP contribution in [0.2, 0.25) is 10.0 Å². The standard InChI is InChI=1S/C21H14Cl2F3N3O5S3/c1-29-19-7-4-12(9-14(19)20(30)35-29)36(31,32)28-18-8-11(22)2-6-17(18)27-37(33,34)13-3-5-16(23)15(10-13)21(24,25)26/h2-10,27-28H,1H3. The number of nitrogens with zero attached hydrogens (tertiary/aromatic N) is 1. The van der Waals surface area contributed by atoms with E-state index in [1.54, 1.807) is 11.0 Å². The van der Waals surface area contributed by atoms with Crippen LogP contribution in [0.5, 0.6) is 0 Å². The van der Waals surface area contributed by atoms with Crippen LogP contribution < -0.4 is 14.2 Å². The zero-order chi connectivity index (χ0) is 27.3. The molecule has 8 nitrogen and oxygen atoms in total. The van der Waals surface area contributed by atoms with E-state index < -0.39 is 41.7 Å². The van der Waals surface area contributed by atoms with Gasteiger partial charge in [0.2, 0.25) is 0 Å². The summed E-state index contributed by atoms with van der Waals surface area (Å²) in [6, 6.07) is 9.41. The van der Waals surface area contributed by atoms with Crippen molar-refractivity contribution in [3.05, 3.63) is 79.7 Å². The molecule has 37 heavy (non-hydrogen) atoms. The fourth-order valence-corrected chi connectivity index (χ4v) is 6.70. The number of hydrogen-bond donors (Lipinski definition) is 2. The van der Waals surface area contributed by atoms with Gasteiger partial charge in [-0.25, -0.2) is 16.8 Å². The highest BCUT2D eigenvalue weighted by molar-refractivity contribution is 7.93. The van der Waals surface area contributed by atoms with Gasteiger partial charge in [-0.2, -0.15) is 13.2 Å². The van der Waals surface area contributed by atoms with Gasteiger partial charge in [0.25, 0.3) is 24.8 Å². The van der Waals surface area contributed by atoms with E-state index in [0.717, 1.165) is 35.8 Å². The third-order valence-corrected chi connectivity index (χ3v) is 9.23. The van der Waals surface area contributed by atoms with Crippen molar-refractivity contribution in [1.29, 1.82) is 0 Å². The number of nitrogens with one attached hydrogen (secondary N) is 2. The van der Waals surface area contributed by atoms with Crippen molar-refractivity contribution in [3.8, 4) is 0 Å². The predicted octanol–water partition coefficient (Wildman–Crippen LogP) is 5.53. The fourth-order valence-electron chi connectivity index (χ4n) is 3.33. The van der Waals surface area contributed by atoms with Crippen molar-refractivity contribution in [1.82, 2.24) is 3.96 Å². The molecule has 0 unspecified atom stereocenters. The number of hydrogen-bond acceptors (Lipinski definition) is 6. The number of rotatable bonds is 6. The van der Waals surface area contributed by atoms with Crippen LogP contribution in [-0.4, -0.2) is 20.8 Å². The van der Waals surface area contributed by atoms with Gasteiger partial charge >= 0.3 is 6.18 Å². The summed E-state index contributed by atoms with van der Waals surface area (Å²) in [5.41, 5.74) is -1.46. The summed E-state index contributed by atoms with van der Waals surface area (Å²) in [6.45, 7) is 0. The monoisotopic (exact) mass is 611 g/mol. The first-order valence-electron chi connectivity index (χ1n) is 9.90. The van der Waals surface area contributed by atoms with Gasteiger partial charge < -0.3 is 0 Å². The van der Waals surface area contributed by atoms with E-state index in [2.05, 4.69) is 9.44 Å². The summed E-state index contributed by atoms with van der Waals surface area (Å²) >= 11 is 12.4. The molecule has 0 bridgehead atoms. The lowest BCUT2D eigenvalue weighted by Crippen LogP contribution is -2.18. The molecule has 0 spiro atoms. The van der Waals surface area contributed by atoms with E-state index in [4.69, 9.17) is 23.2 Å². The molecule has 0 aliphatic carbocycles. The number of benzene rings is 3. The molecule has 1 heterocycles. The van der Waals surface area contributed by atoms with Crippen LogP contribution in [0.3, 0.4) is 0 Å². The summed E-state index contributed by atoms with van der Waals surface area (Å²) in [4.78, 5) is 11.1. The Balaban J connectivity index is 1.72. The fraction of sp³-hybridized carbons (Fsp3) is 0.0952. The van der Waals surface area contributed by atoms with E-state index in [9.17, 15) is 34.8 Å². The summed E-state index contributed by atoms with van der Waals surface area (Å²) < 4.78 is 97.1. The number of alkyl halides is 3. The molecule has 3 aromatic carbocycles. The lowest BCUT2D eigenvalue weighted by atomic mass is 10.2. The van der Waals surface area contributed by atoms with Crippen LogP contribution in [0.4, 0.5) is 24.5 Å². The average Bonchev–Trinajstić information content (AvgIpc) is 3.07. The molecule has 0 amide bonds. The SMILES string of the molecule is Cn1sc(=O)c2cc(S(=O)(=O)Nc3cc(Cl)ccc3NS(=O)(=O)c3ccc(Cl)c(C(F)(F)F)c3)ccc21. The maximum Gasteiger partial charge on any atom is 0.417 e. The lowest BCUT2D eigenvalue weighted by molar-refractivity contribution is -0.137. The molecule has 0 fully saturated rings. The Labute approximate surface area is 222 Å². The Kier molecular flexibility index (Phi) is 7.01. The van der Waals surface area contributed by atoms with E-state index in [-0.39, 0.29) is 31.4 Å². The Morgan fingerprint density at radius 1 is 0.838 bits per heavy atom. The van der Waals surface area contributed by atoms with Crippen LogP contribution in [0.25, 0.3) is 10.9 Å². The first-order valence-corrected chi connectivity index (χ1v) is 14.4. The van der Waals surface area contributed by atoms with Gasteiger partial charge in [-0.15, -0.1) is 0 Å². The summed E-state index contributed by atoms with van der Waals surface area (Å²) in [7, 11) is -7.34. The molecule has 1 aromatic heterocycles. The van der Waals surface area contributed by atoms with E-state index in [0.29, 0.717) is 11.6 Å². The van der Waals surface area contributed by atoms with Crippen molar-refractivity contribution in [2.45, 2.75) is 16.0 Å². The summed E-state index contributed by atoms with van der Waals surface area (Å²) in [5, 5.41) is -0.483. The van der Waals surface area contributed by atoms with E-state index in [1.165, 1.54) is 24.3 Å². The smallest absolute Gasteiger partial charge is 0.297 e. The van der Waals surface area contributed by atoms with Crippen molar-refractivity contribution >= 4 is 77.1 Å². The Morgan fingerprint density at radius 3 is 2.08 bits per heavy atom. The highest BCUT2D eigenvalue weighted by Crippen LogP contribution is 2.37. The topological polar surface area (TPSA) is 114 Å². The summed E-state index contributed by atoms with van der Waals surface area (Å²) in [5.74, 6) is 0. The van der Waals surface area contributed by atoms with Gasteiger partial charge in [-0.05, 0) is 66.1 Å². The number of sulfonamides is 2. The second-order valence-electron chi connectivity index (χ2n) is 7.60. The quantitative estimate of drug-likeness (QED) is 0.298. The minimum atomic E-state index is -4.91. The van der Waals surface area contributed by atoms with Crippen molar-refractivity contribution in [2.75, 3.05) is 9.44 Å². The minimum Gasteiger partial charge on any atom is -0.297 e. The minimum absolute atomic E-state index is 0.0358. The molecule has 2 N–H and O–H groups in total. The normalized spacial score (nSPS) is 12.6. The molecule has 0 radical (unpaired) electrons. The number of fused-ring (bicyclic) bond motifs is 1. The Hall–Kier alpha value is -2.78. The first kappa shape index (κ1) is 27.3. The van der Waals surface area contributed by atoms with Gasteiger partial charge in [0.05, 0.1) is 42.7 Å². The molecule has 196 valence electrons. The van der Waals surface area contributed by atoms with Gasteiger partial charge in [0.15, 0.2) is 0 Å². The van der Waals surface area contributed by atoms with Gasteiger partial charge in [-0.3, -0.25) is 18.2 Å². The number of halogens is 5. The highest BCUT2D eigenvalue weighted by atomic mass is 35.5. The molecule has 4 aromatic rings. The molecule has 0 atom stereocenters. The maximum absolute atomic E-state index is 13.2. The van der Waals surface area contributed by atoms with E-state index >= 15 is 0 Å². The van der Waals surface area contributed by atoms with Crippen LogP contribution in [0.15, 0.2) is 69.2 Å². The molecule has 4 rings (SSSR count). The van der Waals surface area contributed by atoms with Crippen molar-refractivity contribution in [2.24, 2.45) is 7.05 Å². The summed E-state index contributed by atoms with van der Waals surface area (Å²) in [6.07, 6.45) is -4.91. The number of aryl methyl sites for hydroxylation is 1. The molecule has 0 saturated carbocycles. The Bertz CT molecular complexity index is 1820. The molecule has 16 heteroatoms. The second kappa shape index (κ2) is 9.51. The lowest BCUT2D eigenvalue weighted by Gasteiger charge is -2.16. The number of anilines is 2.